The van der Waals surface area contributed by atoms with E-state index >= 15 is 0 Å². The number of nitrogens with zero attached hydrogens (tertiary/aromatic N) is 2. The minimum absolute atomic E-state index is 0.493. The zero-order valence-corrected chi connectivity index (χ0v) is 16.3. The molecule has 1 aliphatic carbocycles. The second-order valence-electron chi connectivity index (χ2n) is 6.96. The van der Waals surface area contributed by atoms with E-state index in [0.717, 1.165) is 27.8 Å². The molecule has 2 N–H and O–H groups in total. The molecule has 0 spiro atoms. The van der Waals surface area contributed by atoms with Crippen LogP contribution in [0.3, 0.4) is 0 Å². The summed E-state index contributed by atoms with van der Waals surface area (Å²) < 4.78 is 5.82. The maximum atomic E-state index is 5.90. The lowest BCUT2D eigenvalue weighted by atomic mass is 10.2. The summed E-state index contributed by atoms with van der Waals surface area (Å²) in [6.45, 7) is 0.506. The first-order valence-electron chi connectivity index (χ1n) is 9.58. The molecule has 0 aliphatic heterocycles. The summed E-state index contributed by atoms with van der Waals surface area (Å²) in [5.41, 5.74) is 2.03. The smallest absolute Gasteiger partial charge is 0.224 e. The number of anilines is 3. The number of hydrogen-bond donors (Lipinski definition) is 2. The summed E-state index contributed by atoms with van der Waals surface area (Å²) in [6.07, 6.45) is 6.72. The molecule has 1 aliphatic rings. The molecule has 3 aromatic rings. The Labute approximate surface area is 170 Å². The Bertz CT molecular complexity index is 893. The van der Waals surface area contributed by atoms with Gasteiger partial charge in [-0.2, -0.15) is 4.98 Å². The number of halogens is 1. The third-order valence-corrected chi connectivity index (χ3v) is 5.04. The van der Waals surface area contributed by atoms with E-state index in [4.69, 9.17) is 16.3 Å². The van der Waals surface area contributed by atoms with Crippen molar-refractivity contribution in [1.29, 1.82) is 0 Å². The third-order valence-electron chi connectivity index (χ3n) is 4.79. The quantitative estimate of drug-likeness (QED) is 0.529. The molecule has 1 fully saturated rings. The maximum absolute atomic E-state index is 5.90. The van der Waals surface area contributed by atoms with Gasteiger partial charge in [-0.05, 0) is 60.9 Å². The highest BCUT2D eigenvalue weighted by molar-refractivity contribution is 6.30. The molecule has 5 nitrogen and oxygen atoms in total. The summed E-state index contributed by atoms with van der Waals surface area (Å²) in [7, 11) is 0. The number of rotatable bonds is 7. The Morgan fingerprint density at radius 1 is 0.964 bits per heavy atom. The molecule has 0 saturated heterocycles. The molecule has 6 heteroatoms. The van der Waals surface area contributed by atoms with E-state index in [1.165, 1.54) is 25.7 Å². The van der Waals surface area contributed by atoms with Crippen molar-refractivity contribution in [3.8, 4) is 5.75 Å². The monoisotopic (exact) mass is 394 g/mol. The molecule has 0 radical (unpaired) electrons. The lowest BCUT2D eigenvalue weighted by Crippen LogP contribution is -2.16. The van der Waals surface area contributed by atoms with E-state index < -0.39 is 0 Å². The summed E-state index contributed by atoms with van der Waals surface area (Å²) >= 11 is 5.90. The second-order valence-corrected chi connectivity index (χ2v) is 7.39. The standard InChI is InChI=1S/C22H23ClN4O/c23-17-7-5-16(6-8-17)15-28-20-11-9-19(10-12-20)25-21-13-14-24-22(27-21)26-18-3-1-2-4-18/h5-14,18H,1-4,15H2,(H2,24,25,26,27). The van der Waals surface area contributed by atoms with Crippen LogP contribution in [0.2, 0.25) is 5.02 Å². The number of nitrogens with one attached hydrogen (secondary N) is 2. The van der Waals surface area contributed by atoms with Crippen LogP contribution in [0.25, 0.3) is 0 Å². The minimum Gasteiger partial charge on any atom is -0.489 e. The van der Waals surface area contributed by atoms with Gasteiger partial charge >= 0.3 is 0 Å². The first-order valence-corrected chi connectivity index (χ1v) is 9.96. The van der Waals surface area contributed by atoms with Crippen LogP contribution in [0.1, 0.15) is 31.2 Å². The molecule has 1 heterocycles. The number of hydrogen-bond acceptors (Lipinski definition) is 5. The second kappa shape index (κ2) is 8.93. The predicted molar refractivity (Wildman–Crippen MR) is 113 cm³/mol. The summed E-state index contributed by atoms with van der Waals surface area (Å²) in [6, 6.07) is 17.9. The first-order chi connectivity index (χ1) is 13.7. The molecule has 0 atom stereocenters. The average molecular weight is 395 g/mol. The van der Waals surface area contributed by atoms with E-state index in [9.17, 15) is 0 Å². The Morgan fingerprint density at radius 3 is 2.46 bits per heavy atom. The van der Waals surface area contributed by atoms with Gasteiger partial charge in [-0.3, -0.25) is 0 Å². The van der Waals surface area contributed by atoms with Crippen LogP contribution in [0, 0.1) is 0 Å². The van der Waals surface area contributed by atoms with E-state index in [-0.39, 0.29) is 0 Å². The Morgan fingerprint density at radius 2 is 1.71 bits per heavy atom. The molecule has 0 unspecified atom stereocenters. The van der Waals surface area contributed by atoms with Crippen LogP contribution >= 0.6 is 11.6 Å². The summed E-state index contributed by atoms with van der Waals surface area (Å²) in [5.74, 6) is 2.26. The van der Waals surface area contributed by atoms with Gasteiger partial charge in [0.25, 0.3) is 0 Å². The van der Waals surface area contributed by atoms with Gasteiger partial charge in [0.2, 0.25) is 5.95 Å². The van der Waals surface area contributed by atoms with Gasteiger partial charge in [0.05, 0.1) is 0 Å². The van der Waals surface area contributed by atoms with Crippen molar-refractivity contribution in [1.82, 2.24) is 9.97 Å². The highest BCUT2D eigenvalue weighted by atomic mass is 35.5. The Kier molecular flexibility index (Phi) is 5.92. The molecule has 0 amide bonds. The van der Waals surface area contributed by atoms with E-state index in [0.29, 0.717) is 18.6 Å². The van der Waals surface area contributed by atoms with E-state index in [2.05, 4.69) is 20.6 Å². The van der Waals surface area contributed by atoms with Gasteiger partial charge in [0, 0.05) is 22.9 Å². The van der Waals surface area contributed by atoms with Crippen molar-refractivity contribution >= 4 is 29.1 Å². The summed E-state index contributed by atoms with van der Waals surface area (Å²) in [5, 5.41) is 7.46. The van der Waals surface area contributed by atoms with Crippen molar-refractivity contribution in [2.75, 3.05) is 10.6 Å². The lowest BCUT2D eigenvalue weighted by Gasteiger charge is -2.13. The normalized spacial score (nSPS) is 14.0. The van der Waals surface area contributed by atoms with Crippen molar-refractivity contribution in [2.24, 2.45) is 0 Å². The van der Waals surface area contributed by atoms with E-state index in [1.807, 2.05) is 54.6 Å². The molecule has 1 saturated carbocycles. The Balaban J connectivity index is 1.33. The first kappa shape index (κ1) is 18.6. The fourth-order valence-electron chi connectivity index (χ4n) is 3.28. The van der Waals surface area contributed by atoms with Crippen LogP contribution in [-0.2, 0) is 6.61 Å². The van der Waals surface area contributed by atoms with Gasteiger partial charge in [0.15, 0.2) is 0 Å². The molecular weight excluding hydrogens is 372 g/mol. The minimum atomic E-state index is 0.493. The van der Waals surface area contributed by atoms with Gasteiger partial charge in [-0.25, -0.2) is 4.98 Å². The van der Waals surface area contributed by atoms with Gasteiger partial charge in [-0.1, -0.05) is 36.6 Å². The summed E-state index contributed by atoms with van der Waals surface area (Å²) in [4.78, 5) is 8.89. The lowest BCUT2D eigenvalue weighted by molar-refractivity contribution is 0.306. The highest BCUT2D eigenvalue weighted by Crippen LogP contribution is 2.23. The molecule has 2 aromatic carbocycles. The number of aromatic nitrogens is 2. The molecule has 4 rings (SSSR count). The van der Waals surface area contributed by atoms with Gasteiger partial charge in [-0.15, -0.1) is 0 Å². The molecule has 28 heavy (non-hydrogen) atoms. The topological polar surface area (TPSA) is 59.1 Å². The number of benzene rings is 2. The van der Waals surface area contributed by atoms with Crippen molar-refractivity contribution in [3.63, 3.8) is 0 Å². The van der Waals surface area contributed by atoms with Crippen LogP contribution in [0.4, 0.5) is 17.5 Å². The average Bonchev–Trinajstić information content (AvgIpc) is 3.22. The third kappa shape index (κ3) is 5.14. The molecule has 0 bridgehead atoms. The van der Waals surface area contributed by atoms with Gasteiger partial charge < -0.3 is 15.4 Å². The SMILES string of the molecule is Clc1ccc(COc2ccc(Nc3ccnc(NC4CCCC4)n3)cc2)cc1. The zero-order chi connectivity index (χ0) is 19.2. The Hall–Kier alpha value is -2.79. The fourth-order valence-corrected chi connectivity index (χ4v) is 3.41. The maximum Gasteiger partial charge on any atom is 0.224 e. The molecular formula is C22H23ClN4O. The van der Waals surface area contributed by atoms with Crippen molar-refractivity contribution < 1.29 is 4.74 Å². The number of ether oxygens (including phenoxy) is 1. The van der Waals surface area contributed by atoms with Crippen molar-refractivity contribution in [2.45, 2.75) is 38.3 Å². The van der Waals surface area contributed by atoms with Crippen LogP contribution in [0.5, 0.6) is 5.75 Å². The highest BCUT2D eigenvalue weighted by Gasteiger charge is 2.15. The van der Waals surface area contributed by atoms with E-state index in [1.54, 1.807) is 6.20 Å². The van der Waals surface area contributed by atoms with Gasteiger partial charge in [0.1, 0.15) is 18.2 Å². The largest absolute Gasteiger partial charge is 0.489 e. The predicted octanol–water partition coefficient (Wildman–Crippen LogP) is 5.81. The van der Waals surface area contributed by atoms with Crippen molar-refractivity contribution in [3.05, 3.63) is 71.4 Å². The zero-order valence-electron chi connectivity index (χ0n) is 15.6. The van der Waals surface area contributed by atoms with Crippen LogP contribution in [-0.4, -0.2) is 16.0 Å². The molecule has 1 aromatic heterocycles. The van der Waals surface area contributed by atoms with Crippen LogP contribution in [0.15, 0.2) is 60.8 Å². The van der Waals surface area contributed by atoms with Crippen LogP contribution < -0.4 is 15.4 Å². The fraction of sp³-hybridized carbons (Fsp3) is 0.273. The molecule has 144 valence electrons.